The van der Waals surface area contributed by atoms with Crippen LogP contribution in [0.15, 0.2) is 24.3 Å². The minimum atomic E-state index is -0.240. The molecule has 1 aromatic carbocycles. The molecule has 0 heterocycles. The number of nitrogens with one attached hydrogen (secondary N) is 1. The number of rotatable bonds is 9. The predicted molar refractivity (Wildman–Crippen MR) is 102 cm³/mol. The number of hydrogen-bond donors (Lipinski definition) is 1. The van der Waals surface area contributed by atoms with Gasteiger partial charge in [0.2, 0.25) is 5.91 Å². The van der Waals surface area contributed by atoms with E-state index < -0.39 is 0 Å². The molecule has 3 atom stereocenters. The van der Waals surface area contributed by atoms with Crippen LogP contribution in [-0.4, -0.2) is 30.8 Å². The zero-order valence-corrected chi connectivity index (χ0v) is 16.0. The Morgan fingerprint density at radius 2 is 1.89 bits per heavy atom. The highest BCUT2D eigenvalue weighted by atomic mass is 16.5. The van der Waals surface area contributed by atoms with Crippen molar-refractivity contribution in [3.8, 4) is 0 Å². The topological polar surface area (TPSA) is 72.5 Å². The second-order valence-electron chi connectivity index (χ2n) is 8.01. The van der Waals surface area contributed by atoms with Gasteiger partial charge in [0, 0.05) is 25.5 Å². The van der Waals surface area contributed by atoms with E-state index in [9.17, 15) is 14.4 Å². The molecular formula is C22H29NO4. The Kier molecular flexibility index (Phi) is 6.64. The highest BCUT2D eigenvalue weighted by Crippen LogP contribution is 2.49. The van der Waals surface area contributed by atoms with Gasteiger partial charge in [-0.25, -0.2) is 0 Å². The molecule has 2 fully saturated rings. The molecule has 0 spiro atoms. The van der Waals surface area contributed by atoms with Crippen LogP contribution >= 0.6 is 0 Å². The maximum absolute atomic E-state index is 12.2. The number of aryl methyl sites for hydroxylation is 1. The number of esters is 1. The zero-order chi connectivity index (χ0) is 19.2. The van der Waals surface area contributed by atoms with Gasteiger partial charge in [0.25, 0.3) is 0 Å². The molecular weight excluding hydrogens is 342 g/mol. The monoisotopic (exact) mass is 371 g/mol. The third kappa shape index (κ3) is 5.65. The van der Waals surface area contributed by atoms with Crippen molar-refractivity contribution < 1.29 is 19.1 Å². The summed E-state index contributed by atoms with van der Waals surface area (Å²) in [6.45, 7) is 1.97. The Hall–Kier alpha value is -2.17. The molecule has 5 heteroatoms. The summed E-state index contributed by atoms with van der Waals surface area (Å²) in [6, 6.07) is 7.38. The normalized spacial score (nSPS) is 23.2. The first-order valence-electron chi connectivity index (χ1n) is 10.0. The molecule has 2 aliphatic rings. The van der Waals surface area contributed by atoms with Gasteiger partial charge in [-0.3, -0.25) is 14.4 Å². The Balaban J connectivity index is 1.37. The van der Waals surface area contributed by atoms with E-state index in [1.54, 1.807) is 12.1 Å². The smallest absolute Gasteiger partial charge is 0.306 e. The molecule has 3 rings (SSSR count). The maximum Gasteiger partial charge on any atom is 0.306 e. The lowest BCUT2D eigenvalue weighted by atomic mass is 9.86. The fourth-order valence-electron chi connectivity index (χ4n) is 4.54. The molecule has 2 saturated carbocycles. The first-order valence-corrected chi connectivity index (χ1v) is 10.0. The maximum atomic E-state index is 12.2. The summed E-state index contributed by atoms with van der Waals surface area (Å²) in [4.78, 5) is 35.1. The molecule has 3 unspecified atom stereocenters. The molecule has 5 nitrogen and oxygen atoms in total. The molecule has 27 heavy (non-hydrogen) atoms. The molecule has 2 bridgehead atoms. The molecule has 1 aromatic rings. The molecule has 1 N–H and O–H groups in total. The summed E-state index contributed by atoms with van der Waals surface area (Å²) < 4.78 is 5.23. The van der Waals surface area contributed by atoms with Gasteiger partial charge in [0.05, 0.1) is 0 Å². The van der Waals surface area contributed by atoms with Crippen LogP contribution < -0.4 is 5.32 Å². The summed E-state index contributed by atoms with van der Waals surface area (Å²) in [5, 5.41) is 2.77. The minimum absolute atomic E-state index is 0.0223. The molecule has 0 aromatic heterocycles. The predicted octanol–water partition coefficient (Wildman–Crippen LogP) is 3.31. The van der Waals surface area contributed by atoms with Crippen molar-refractivity contribution >= 4 is 17.7 Å². The van der Waals surface area contributed by atoms with Crippen molar-refractivity contribution in [2.24, 2.45) is 17.8 Å². The van der Waals surface area contributed by atoms with Gasteiger partial charge >= 0.3 is 5.97 Å². The van der Waals surface area contributed by atoms with Crippen molar-refractivity contribution in [1.82, 2.24) is 5.32 Å². The number of ketones is 1. The van der Waals surface area contributed by atoms with Gasteiger partial charge in [-0.05, 0) is 55.4 Å². The van der Waals surface area contributed by atoms with Crippen molar-refractivity contribution in [3.05, 3.63) is 35.4 Å². The third-order valence-electron chi connectivity index (χ3n) is 5.97. The highest BCUT2D eigenvalue weighted by molar-refractivity contribution is 5.97. The average molecular weight is 371 g/mol. The van der Waals surface area contributed by atoms with Gasteiger partial charge in [-0.1, -0.05) is 30.7 Å². The SMILES string of the molecule is CC(=O)NCCCc1ccc(C(=O)COC(=O)CC2CC3CCC2C3)cc1. The van der Waals surface area contributed by atoms with Gasteiger partial charge < -0.3 is 10.1 Å². The summed E-state index contributed by atoms with van der Waals surface area (Å²) in [7, 11) is 0. The van der Waals surface area contributed by atoms with Crippen LogP contribution in [0.1, 0.15) is 61.4 Å². The van der Waals surface area contributed by atoms with Crippen LogP contribution in [-0.2, 0) is 20.7 Å². The fraction of sp³-hybridized carbons (Fsp3) is 0.591. The number of carbonyl (C=O) groups excluding carboxylic acids is 3. The lowest BCUT2D eigenvalue weighted by molar-refractivity contribution is -0.144. The van der Waals surface area contributed by atoms with E-state index in [4.69, 9.17) is 4.74 Å². The van der Waals surface area contributed by atoms with Crippen LogP contribution in [0.3, 0.4) is 0 Å². The van der Waals surface area contributed by atoms with Crippen molar-refractivity contribution in [2.75, 3.05) is 13.2 Å². The molecule has 146 valence electrons. The van der Waals surface area contributed by atoms with E-state index in [-0.39, 0.29) is 24.3 Å². The van der Waals surface area contributed by atoms with Crippen LogP contribution in [0.5, 0.6) is 0 Å². The van der Waals surface area contributed by atoms with E-state index in [0.29, 0.717) is 30.4 Å². The third-order valence-corrected chi connectivity index (χ3v) is 5.97. The van der Waals surface area contributed by atoms with E-state index in [1.165, 1.54) is 26.2 Å². The summed E-state index contributed by atoms with van der Waals surface area (Å²) in [5.41, 5.74) is 1.68. The zero-order valence-electron chi connectivity index (χ0n) is 16.0. The summed E-state index contributed by atoms with van der Waals surface area (Å²) in [6.07, 6.45) is 7.14. The second-order valence-corrected chi connectivity index (χ2v) is 8.01. The number of Topliss-reactive ketones (excluding diaryl/α,β-unsaturated/α-hetero) is 1. The number of hydrogen-bond acceptors (Lipinski definition) is 4. The molecule has 0 saturated heterocycles. The average Bonchev–Trinajstić information content (AvgIpc) is 3.26. The molecule has 1 amide bonds. The van der Waals surface area contributed by atoms with Gasteiger partial charge in [-0.15, -0.1) is 0 Å². The Bertz CT molecular complexity index is 682. The summed E-state index contributed by atoms with van der Waals surface area (Å²) >= 11 is 0. The fourth-order valence-corrected chi connectivity index (χ4v) is 4.54. The van der Waals surface area contributed by atoms with E-state index in [1.807, 2.05) is 12.1 Å². The molecule has 0 aliphatic heterocycles. The molecule has 0 radical (unpaired) electrons. The van der Waals surface area contributed by atoms with Crippen molar-refractivity contribution in [2.45, 2.75) is 51.9 Å². The van der Waals surface area contributed by atoms with Crippen LogP contribution in [0.25, 0.3) is 0 Å². The number of amides is 1. The quantitative estimate of drug-likeness (QED) is 0.411. The van der Waals surface area contributed by atoms with Crippen LogP contribution in [0.2, 0.25) is 0 Å². The Labute approximate surface area is 160 Å². The second kappa shape index (κ2) is 9.16. The van der Waals surface area contributed by atoms with Crippen LogP contribution in [0.4, 0.5) is 0 Å². The molecule has 2 aliphatic carbocycles. The van der Waals surface area contributed by atoms with E-state index in [2.05, 4.69) is 5.32 Å². The summed E-state index contributed by atoms with van der Waals surface area (Å²) in [5.74, 6) is 1.54. The highest BCUT2D eigenvalue weighted by Gasteiger charge is 2.40. The van der Waals surface area contributed by atoms with E-state index in [0.717, 1.165) is 30.7 Å². The van der Waals surface area contributed by atoms with Gasteiger partial charge in [0.1, 0.15) is 0 Å². The van der Waals surface area contributed by atoms with Crippen molar-refractivity contribution in [1.29, 1.82) is 0 Å². The first-order chi connectivity index (χ1) is 13.0. The Morgan fingerprint density at radius 3 is 2.52 bits per heavy atom. The Morgan fingerprint density at radius 1 is 1.11 bits per heavy atom. The lowest BCUT2D eigenvalue weighted by Crippen LogP contribution is -2.21. The number of fused-ring (bicyclic) bond motifs is 2. The van der Waals surface area contributed by atoms with Gasteiger partial charge in [0.15, 0.2) is 12.4 Å². The largest absolute Gasteiger partial charge is 0.457 e. The van der Waals surface area contributed by atoms with E-state index >= 15 is 0 Å². The standard InChI is InChI=1S/C22H29NO4/c1-15(24)23-10-2-3-16-4-7-18(8-5-16)21(25)14-27-22(26)13-20-12-17-6-9-19(20)11-17/h4-5,7-8,17,19-20H,2-3,6,9-14H2,1H3,(H,23,24). The van der Waals surface area contributed by atoms with Gasteiger partial charge in [-0.2, -0.15) is 0 Å². The minimum Gasteiger partial charge on any atom is -0.457 e. The van der Waals surface area contributed by atoms with Crippen molar-refractivity contribution in [3.63, 3.8) is 0 Å². The lowest BCUT2D eigenvalue weighted by Gasteiger charge is -2.20. The first kappa shape index (κ1) is 19.6. The number of ether oxygens (including phenoxy) is 1. The van der Waals surface area contributed by atoms with Crippen LogP contribution in [0, 0.1) is 17.8 Å². The number of benzene rings is 1. The number of carbonyl (C=O) groups is 3.